The first-order chi connectivity index (χ1) is 41.5. The Kier molecular flexibility index (Phi) is 22.0. The van der Waals surface area contributed by atoms with Crippen molar-refractivity contribution in [1.29, 1.82) is 0 Å². The number of fused-ring (bicyclic) bond motifs is 2. The number of carbonyl (C=O) groups is 8. The second kappa shape index (κ2) is 28.8. The molecule has 0 radical (unpaired) electrons. The summed E-state index contributed by atoms with van der Waals surface area (Å²) in [5, 5.41) is 116. The third-order valence-corrected chi connectivity index (χ3v) is 16.1. The number of hydrogen-bond acceptors (Lipinski definition) is 22. The average Bonchev–Trinajstić information content (AvgIpc) is 1.76. The lowest BCUT2D eigenvalue weighted by Gasteiger charge is -2.34. The van der Waals surface area contributed by atoms with Crippen LogP contribution in [-0.2, 0) is 43.7 Å². The van der Waals surface area contributed by atoms with Gasteiger partial charge in [-0.15, -0.1) is 0 Å². The summed E-state index contributed by atoms with van der Waals surface area (Å²) in [6, 6.07) is 3.35. The predicted octanol–water partition coefficient (Wildman–Crippen LogP) is -3.84. The lowest BCUT2D eigenvalue weighted by molar-refractivity contribution is -0.149. The molecule has 0 saturated carbocycles. The maximum Gasteiger partial charge on any atom is 0.298 e. The van der Waals surface area contributed by atoms with Crippen LogP contribution in [0.1, 0.15) is 81.3 Å². The highest BCUT2D eigenvalue weighted by Crippen LogP contribution is 2.32. The summed E-state index contributed by atoms with van der Waals surface area (Å²) in [6.45, 7) is 3.75. The lowest BCUT2D eigenvalue weighted by Crippen LogP contribution is -2.64. The minimum atomic E-state index is -5.24. The van der Waals surface area contributed by atoms with E-state index in [-0.39, 0.29) is 5.56 Å². The predicted molar refractivity (Wildman–Crippen MR) is 301 cm³/mol. The first-order valence-electron chi connectivity index (χ1n) is 28.0. The molecule has 17 N–H and O–H groups in total. The van der Waals surface area contributed by atoms with Crippen molar-refractivity contribution in [2.75, 3.05) is 19.7 Å². The number of phenolic OH excluding ortho intramolecular Hbond substituents is 1. The van der Waals surface area contributed by atoms with Crippen LogP contribution in [0.5, 0.6) is 11.5 Å². The number of aliphatic hydroxyl groups excluding tert-OH is 8. The lowest BCUT2D eigenvalue weighted by atomic mass is 9.96. The number of aromatic nitrogens is 1. The zero-order valence-corrected chi connectivity index (χ0v) is 48.5. The largest absolute Gasteiger partial charge is 0.506 e. The summed E-state index contributed by atoms with van der Waals surface area (Å²) >= 11 is 0. The summed E-state index contributed by atoms with van der Waals surface area (Å²) in [6.07, 6.45) is -17.3. The molecule has 7 rings (SSSR count). The molecule has 0 spiro atoms. The molecule has 3 fully saturated rings. The van der Waals surface area contributed by atoms with Gasteiger partial charge in [-0.25, -0.2) is 0 Å². The Bertz CT molecular complexity index is 3310. The Hall–Kier alpha value is -8.18. The monoisotopic (exact) mass is 1250 g/mol. The number of aromatic hydroxyl groups is 1. The molecule has 31 nitrogen and oxygen atoms in total. The quantitative estimate of drug-likeness (QED) is 0.0356. The Morgan fingerprint density at radius 1 is 0.784 bits per heavy atom. The first kappa shape index (κ1) is 67.3. The van der Waals surface area contributed by atoms with E-state index in [0.29, 0.717) is 56.9 Å². The summed E-state index contributed by atoms with van der Waals surface area (Å²) < 4.78 is 45.3. The van der Waals surface area contributed by atoms with Crippen molar-refractivity contribution in [2.45, 2.75) is 149 Å². The van der Waals surface area contributed by atoms with E-state index in [1.165, 1.54) is 31.2 Å². The molecule has 0 bridgehead atoms. The van der Waals surface area contributed by atoms with E-state index >= 15 is 0 Å². The standard InChI is InChI=1S/C56H71N9O22S/c1-4-5-6-17-86-32-14-11-28(12-15-32)39-21-33(63-87-39)27-7-9-29(10-8-27)49(75)58-34-20-38(70)52(78)62-54(80)45-46(72)25(2)23-65(45)56(82)43(37(69)22-41(57)71)60-53(79)44(48(74)47(73)30-13-16-36(68)40(18-30)88(83,84)85)61-51(77)35-19-31(67)24-64(35)55(81)42(26(3)66)59-50(34)76/h7-16,18,21,25-26,31,34-35,37-38,42-48,52,66-70,72-74,78H,4-6,17,19-20,22-24H2,1-3H3,(H2,57,71)(H,58,75)(H,59,76)(H,60,79)(H,61,77)(H,62,80)(H,83,84,85). The zero-order chi connectivity index (χ0) is 64.6. The molecule has 3 saturated heterocycles. The molecule has 4 heterocycles. The smallest absolute Gasteiger partial charge is 0.298 e. The molecule has 3 aliphatic rings. The molecule has 0 aliphatic carbocycles. The summed E-state index contributed by atoms with van der Waals surface area (Å²) in [4.78, 5) is 113. The Balaban J connectivity index is 1.23. The van der Waals surface area contributed by atoms with E-state index < -0.39 is 197 Å². The summed E-state index contributed by atoms with van der Waals surface area (Å²) in [7, 11) is -5.24. The molecular formula is C56H71N9O22S. The van der Waals surface area contributed by atoms with Gasteiger partial charge in [-0.2, -0.15) is 8.42 Å². The van der Waals surface area contributed by atoms with Gasteiger partial charge in [0, 0.05) is 54.6 Å². The number of carbonyl (C=O) groups excluding carboxylic acids is 8. The van der Waals surface area contributed by atoms with E-state index in [1.54, 1.807) is 30.3 Å². The van der Waals surface area contributed by atoms with Crippen LogP contribution in [0, 0.1) is 5.92 Å². The third-order valence-electron chi connectivity index (χ3n) is 15.3. The molecule has 3 aliphatic heterocycles. The van der Waals surface area contributed by atoms with Gasteiger partial charge in [-0.05, 0) is 67.4 Å². The van der Waals surface area contributed by atoms with Gasteiger partial charge in [0.15, 0.2) is 12.0 Å². The zero-order valence-electron chi connectivity index (χ0n) is 47.7. The van der Waals surface area contributed by atoms with Crippen molar-refractivity contribution in [3.63, 3.8) is 0 Å². The van der Waals surface area contributed by atoms with Crippen LogP contribution >= 0.6 is 0 Å². The van der Waals surface area contributed by atoms with Crippen LogP contribution in [0.3, 0.4) is 0 Å². The van der Waals surface area contributed by atoms with E-state index in [1.807, 2.05) is 10.6 Å². The van der Waals surface area contributed by atoms with Gasteiger partial charge in [0.25, 0.3) is 16.0 Å². The van der Waals surface area contributed by atoms with Crippen LogP contribution in [0.2, 0.25) is 0 Å². The van der Waals surface area contributed by atoms with E-state index in [4.69, 9.17) is 15.0 Å². The normalized spacial score (nSPS) is 26.7. The topological polar surface area (TPSA) is 501 Å². The number of aliphatic hydroxyl groups is 8. The molecule has 15 atom stereocenters. The van der Waals surface area contributed by atoms with Crippen molar-refractivity contribution in [3.8, 4) is 34.1 Å². The number of amides is 8. The highest BCUT2D eigenvalue weighted by atomic mass is 32.2. The minimum Gasteiger partial charge on any atom is -0.506 e. The maximum absolute atomic E-state index is 14.7. The van der Waals surface area contributed by atoms with Gasteiger partial charge >= 0.3 is 0 Å². The SMILES string of the molecule is CCCCCOc1ccc(-c2cc(-c3ccc(C(=O)NC4CC(O)C(O)NC(=O)C5C(O)C(C)CN5C(=O)C(C(O)CC(N)=O)NC(=O)C(C(O)C(O)c5ccc(O)c(S(=O)(=O)O)c5)NC(=O)C5CC(O)CN5C(=O)C(C(C)O)NC4=O)cc3)no2)cc1. The number of primary amides is 1. The summed E-state index contributed by atoms with van der Waals surface area (Å²) in [5.41, 5.74) is 6.12. The third kappa shape index (κ3) is 15.9. The molecule has 15 unspecified atom stereocenters. The Morgan fingerprint density at radius 3 is 2.06 bits per heavy atom. The van der Waals surface area contributed by atoms with E-state index in [2.05, 4.69) is 28.0 Å². The Labute approximate surface area is 502 Å². The number of rotatable bonds is 17. The minimum absolute atomic E-state index is 0.105. The van der Waals surface area contributed by atoms with Crippen LogP contribution < -0.4 is 37.1 Å². The van der Waals surface area contributed by atoms with Crippen molar-refractivity contribution in [1.82, 2.24) is 41.5 Å². The molecule has 88 heavy (non-hydrogen) atoms. The van der Waals surface area contributed by atoms with Crippen molar-refractivity contribution >= 4 is 57.4 Å². The molecule has 478 valence electrons. The van der Waals surface area contributed by atoms with Crippen LogP contribution in [0.15, 0.2) is 82.2 Å². The van der Waals surface area contributed by atoms with Crippen LogP contribution in [0.25, 0.3) is 22.6 Å². The van der Waals surface area contributed by atoms with Gasteiger partial charge in [-0.3, -0.25) is 42.9 Å². The van der Waals surface area contributed by atoms with Gasteiger partial charge in [-0.1, -0.05) is 50.0 Å². The van der Waals surface area contributed by atoms with E-state index in [0.717, 1.165) is 32.3 Å². The van der Waals surface area contributed by atoms with Gasteiger partial charge < -0.3 is 97.3 Å². The maximum atomic E-state index is 14.7. The fourth-order valence-electron chi connectivity index (χ4n) is 10.4. The first-order valence-corrected chi connectivity index (χ1v) is 29.4. The van der Waals surface area contributed by atoms with Crippen molar-refractivity contribution in [3.05, 3.63) is 83.9 Å². The Morgan fingerprint density at radius 2 is 1.42 bits per heavy atom. The molecule has 1 aromatic heterocycles. The molecule has 3 aromatic carbocycles. The highest BCUT2D eigenvalue weighted by Gasteiger charge is 2.51. The van der Waals surface area contributed by atoms with Crippen LogP contribution in [-0.4, -0.2) is 220 Å². The number of nitrogens with two attached hydrogens (primary N) is 1. The van der Waals surface area contributed by atoms with Gasteiger partial charge in [0.2, 0.25) is 41.4 Å². The number of hydrogen-bond donors (Lipinski definition) is 16. The highest BCUT2D eigenvalue weighted by molar-refractivity contribution is 7.86. The average molecular weight is 1250 g/mol. The number of nitrogens with one attached hydrogen (secondary N) is 5. The van der Waals surface area contributed by atoms with Gasteiger partial charge in [0.1, 0.15) is 76.7 Å². The van der Waals surface area contributed by atoms with Crippen molar-refractivity contribution in [2.24, 2.45) is 11.7 Å². The second-order valence-corrected chi connectivity index (χ2v) is 23.3. The second-order valence-electron chi connectivity index (χ2n) is 21.9. The van der Waals surface area contributed by atoms with E-state index in [9.17, 15) is 97.3 Å². The number of unbranched alkanes of at least 4 members (excludes halogenated alkanes) is 2. The fourth-order valence-corrected chi connectivity index (χ4v) is 11.0. The summed E-state index contributed by atoms with van der Waals surface area (Å²) in [5.74, 6) is -11.9. The number of benzene rings is 3. The molecular weight excluding hydrogens is 1180 g/mol. The number of phenols is 1. The van der Waals surface area contributed by atoms with Gasteiger partial charge in [0.05, 0.1) is 37.4 Å². The van der Waals surface area contributed by atoms with Crippen LogP contribution in [0.4, 0.5) is 0 Å². The fraction of sp³-hybridized carbons (Fsp3) is 0.482. The molecule has 32 heteroatoms. The number of ether oxygens (including phenoxy) is 1. The molecule has 4 aromatic rings. The van der Waals surface area contributed by atoms with Crippen molar-refractivity contribution < 1.29 is 107 Å². The molecule has 8 amide bonds. The number of nitrogens with zero attached hydrogens (tertiary/aromatic N) is 3.